The van der Waals surface area contributed by atoms with Crippen molar-refractivity contribution in [3.63, 3.8) is 0 Å². The van der Waals surface area contributed by atoms with E-state index in [1.54, 1.807) is 12.3 Å². The Kier molecular flexibility index (Phi) is 5.50. The number of nitrogens with one attached hydrogen (secondary N) is 2. The van der Waals surface area contributed by atoms with E-state index in [-0.39, 0.29) is 0 Å². The van der Waals surface area contributed by atoms with Crippen molar-refractivity contribution in [2.24, 2.45) is 5.92 Å². The highest BCUT2D eigenvalue weighted by molar-refractivity contribution is 7.89. The van der Waals surface area contributed by atoms with Crippen molar-refractivity contribution in [3.8, 4) is 0 Å². The monoisotopic (exact) mass is 340 g/mol. The topological polar surface area (TPSA) is 72.8 Å². The quantitative estimate of drug-likeness (QED) is 0.882. The molecule has 1 aromatic rings. The number of nitrogens with zero attached hydrogens (tertiary/aromatic N) is 1. The van der Waals surface area contributed by atoms with Crippen molar-refractivity contribution in [1.82, 2.24) is 4.31 Å². The number of hydrogen-bond donors (Lipinski definition) is 1. The van der Waals surface area contributed by atoms with E-state index >= 15 is 0 Å². The van der Waals surface area contributed by atoms with Gasteiger partial charge in [-0.25, -0.2) is 13.4 Å². The molecule has 23 heavy (non-hydrogen) atoms. The lowest BCUT2D eigenvalue weighted by molar-refractivity contribution is -0.364. The molecular weight excluding hydrogens is 314 g/mol. The zero-order valence-corrected chi connectivity index (χ0v) is 14.3. The zero-order valence-electron chi connectivity index (χ0n) is 13.5. The van der Waals surface area contributed by atoms with Crippen LogP contribution in [0.5, 0.6) is 0 Å². The van der Waals surface area contributed by atoms with Gasteiger partial charge in [0.15, 0.2) is 0 Å². The molecule has 2 N–H and O–H groups in total. The van der Waals surface area contributed by atoms with E-state index in [0.29, 0.717) is 31.2 Å². The standard InChI is InChI=1S/C16H25N3O3S/c20-23(21,19-8-10-22-11-9-19)15-6-7-16(18-13-15)17-12-14-4-2-1-3-5-14/h6-7,13-14H,1-5,8-12H2,(H,17,18)/p+1. The predicted octanol–water partition coefficient (Wildman–Crippen LogP) is 1.51. The largest absolute Gasteiger partial charge is 0.379 e. The number of sulfonamides is 1. The summed E-state index contributed by atoms with van der Waals surface area (Å²) in [7, 11) is -3.42. The minimum atomic E-state index is -3.42. The Balaban J connectivity index is 1.59. The SMILES string of the molecule is O=S(=O)(c1ccc(NCC2CCCCC2)[nH+]c1)N1CCOCC1. The number of aromatic nitrogens is 1. The highest BCUT2D eigenvalue weighted by atomic mass is 32.2. The molecule has 0 spiro atoms. The average molecular weight is 340 g/mol. The second-order valence-electron chi connectivity index (χ2n) is 6.34. The molecule has 1 saturated carbocycles. The van der Waals surface area contributed by atoms with Crippen LogP contribution in [0, 0.1) is 5.92 Å². The fraction of sp³-hybridized carbons (Fsp3) is 0.688. The molecule has 2 aliphatic rings. The second-order valence-corrected chi connectivity index (χ2v) is 8.28. The molecule has 2 heterocycles. The normalized spacial score (nSPS) is 21.2. The molecule has 7 heteroatoms. The lowest BCUT2D eigenvalue weighted by Crippen LogP contribution is -2.40. The molecular formula is C16H26N3O3S+. The Morgan fingerprint density at radius 3 is 2.57 bits per heavy atom. The molecule has 0 unspecified atom stereocenters. The van der Waals surface area contributed by atoms with Gasteiger partial charge in [0.25, 0.3) is 5.82 Å². The van der Waals surface area contributed by atoms with E-state index in [2.05, 4.69) is 10.3 Å². The Labute approximate surface area is 138 Å². The molecule has 0 radical (unpaired) electrons. The van der Waals surface area contributed by atoms with Crippen LogP contribution in [0.3, 0.4) is 0 Å². The molecule has 0 aromatic carbocycles. The number of H-pyrrole nitrogens is 1. The van der Waals surface area contributed by atoms with Gasteiger partial charge in [0.05, 0.1) is 19.8 Å². The van der Waals surface area contributed by atoms with Crippen molar-refractivity contribution < 1.29 is 18.1 Å². The number of morpholine rings is 1. The van der Waals surface area contributed by atoms with Gasteiger partial charge in [0, 0.05) is 19.2 Å². The summed E-state index contributed by atoms with van der Waals surface area (Å²) in [6.07, 6.45) is 8.16. The summed E-state index contributed by atoms with van der Waals surface area (Å²) >= 11 is 0. The van der Waals surface area contributed by atoms with Gasteiger partial charge in [-0.05, 0) is 24.8 Å². The zero-order chi connectivity index (χ0) is 16.1. The van der Waals surface area contributed by atoms with Crippen LogP contribution >= 0.6 is 0 Å². The first-order valence-electron chi connectivity index (χ1n) is 8.50. The summed E-state index contributed by atoms with van der Waals surface area (Å²) < 4.78 is 31.8. The van der Waals surface area contributed by atoms with E-state index in [9.17, 15) is 8.42 Å². The van der Waals surface area contributed by atoms with Crippen LogP contribution in [-0.4, -0.2) is 45.6 Å². The molecule has 6 nitrogen and oxygen atoms in total. The smallest absolute Gasteiger partial charge is 0.272 e. The van der Waals surface area contributed by atoms with Crippen molar-refractivity contribution in [1.29, 1.82) is 0 Å². The van der Waals surface area contributed by atoms with Crippen molar-refractivity contribution in [2.45, 2.75) is 37.0 Å². The fourth-order valence-corrected chi connectivity index (χ4v) is 4.64. The van der Waals surface area contributed by atoms with Gasteiger partial charge in [-0.15, -0.1) is 0 Å². The second kappa shape index (κ2) is 7.59. The summed E-state index contributed by atoms with van der Waals surface area (Å²) in [5, 5.41) is 3.39. The number of hydrogen-bond acceptors (Lipinski definition) is 4. The third kappa shape index (κ3) is 4.22. The van der Waals surface area contributed by atoms with Crippen LogP contribution in [0.4, 0.5) is 5.82 Å². The molecule has 2 fully saturated rings. The van der Waals surface area contributed by atoms with Crippen molar-refractivity contribution >= 4 is 15.8 Å². The van der Waals surface area contributed by atoms with Crippen molar-refractivity contribution in [2.75, 3.05) is 38.2 Å². The lowest BCUT2D eigenvalue weighted by atomic mass is 9.89. The first-order chi connectivity index (χ1) is 11.2. The van der Waals surface area contributed by atoms with E-state index < -0.39 is 10.0 Å². The molecule has 1 aromatic heterocycles. The Bertz CT molecular complexity index is 592. The van der Waals surface area contributed by atoms with Gasteiger partial charge < -0.3 is 4.74 Å². The van der Waals surface area contributed by atoms with E-state index in [1.165, 1.54) is 36.4 Å². The van der Waals surface area contributed by atoms with Crippen molar-refractivity contribution in [3.05, 3.63) is 18.3 Å². The minimum absolute atomic E-state index is 0.308. The number of anilines is 1. The maximum absolute atomic E-state index is 12.5. The van der Waals surface area contributed by atoms with Crippen LogP contribution in [0.1, 0.15) is 32.1 Å². The van der Waals surface area contributed by atoms with Crippen LogP contribution in [-0.2, 0) is 14.8 Å². The summed E-state index contributed by atoms with van der Waals surface area (Å²) in [5.41, 5.74) is 0. The van der Waals surface area contributed by atoms with Gasteiger partial charge in [-0.1, -0.05) is 19.3 Å². The number of aromatic amines is 1. The lowest BCUT2D eigenvalue weighted by Gasteiger charge is -2.25. The Morgan fingerprint density at radius 2 is 1.91 bits per heavy atom. The number of rotatable bonds is 5. The third-order valence-corrected chi connectivity index (χ3v) is 6.59. The highest BCUT2D eigenvalue weighted by Gasteiger charge is 2.27. The van der Waals surface area contributed by atoms with E-state index in [4.69, 9.17) is 4.74 Å². The summed E-state index contributed by atoms with van der Waals surface area (Å²) in [5.74, 6) is 1.60. The maximum atomic E-state index is 12.5. The van der Waals surface area contributed by atoms with Crippen LogP contribution < -0.4 is 10.3 Å². The maximum Gasteiger partial charge on any atom is 0.272 e. The van der Waals surface area contributed by atoms with Gasteiger partial charge in [0.1, 0.15) is 11.1 Å². The summed E-state index contributed by atoms with van der Waals surface area (Å²) in [6, 6.07) is 3.49. The van der Waals surface area contributed by atoms with Crippen LogP contribution in [0.25, 0.3) is 0 Å². The number of ether oxygens (including phenoxy) is 1. The van der Waals surface area contributed by atoms with Crippen LogP contribution in [0.2, 0.25) is 0 Å². The fourth-order valence-electron chi connectivity index (χ4n) is 3.26. The summed E-state index contributed by atoms with van der Waals surface area (Å²) in [6.45, 7) is 2.72. The van der Waals surface area contributed by atoms with Gasteiger partial charge in [-0.3, -0.25) is 5.32 Å². The summed E-state index contributed by atoms with van der Waals surface area (Å²) in [4.78, 5) is 3.38. The van der Waals surface area contributed by atoms with Crippen LogP contribution in [0.15, 0.2) is 23.2 Å². The molecule has 1 aliphatic heterocycles. The Morgan fingerprint density at radius 1 is 1.17 bits per heavy atom. The molecule has 128 valence electrons. The predicted molar refractivity (Wildman–Crippen MR) is 87.6 cm³/mol. The van der Waals surface area contributed by atoms with Gasteiger partial charge in [-0.2, -0.15) is 4.31 Å². The highest BCUT2D eigenvalue weighted by Crippen LogP contribution is 2.23. The number of pyridine rings is 1. The first-order valence-corrected chi connectivity index (χ1v) is 9.94. The van der Waals surface area contributed by atoms with Gasteiger partial charge in [0.2, 0.25) is 10.0 Å². The molecule has 0 bridgehead atoms. The molecule has 0 atom stereocenters. The minimum Gasteiger partial charge on any atom is -0.379 e. The Hall–Kier alpha value is -1.18. The molecule has 3 rings (SSSR count). The third-order valence-electron chi connectivity index (χ3n) is 4.70. The van der Waals surface area contributed by atoms with E-state index in [0.717, 1.165) is 18.3 Å². The molecule has 1 aliphatic carbocycles. The first kappa shape index (κ1) is 16.7. The average Bonchev–Trinajstić information content (AvgIpc) is 2.62. The van der Waals surface area contributed by atoms with E-state index in [1.807, 2.05) is 6.07 Å². The molecule has 0 amide bonds. The molecule has 1 saturated heterocycles. The van der Waals surface area contributed by atoms with Gasteiger partial charge >= 0.3 is 0 Å².